The van der Waals surface area contributed by atoms with Gasteiger partial charge in [-0.15, -0.1) is 0 Å². The van der Waals surface area contributed by atoms with E-state index in [2.05, 4.69) is 4.98 Å². The van der Waals surface area contributed by atoms with Crippen LogP contribution in [0.25, 0.3) is 0 Å². The van der Waals surface area contributed by atoms with Gasteiger partial charge in [-0.3, -0.25) is 9.78 Å². The van der Waals surface area contributed by atoms with E-state index >= 15 is 0 Å². The van der Waals surface area contributed by atoms with Crippen LogP contribution in [0.4, 0.5) is 0 Å². The van der Waals surface area contributed by atoms with Crippen molar-refractivity contribution in [3.8, 4) is 0 Å². The molecule has 0 aliphatic carbocycles. The van der Waals surface area contributed by atoms with Crippen molar-refractivity contribution in [2.24, 2.45) is 0 Å². The Morgan fingerprint density at radius 3 is 2.73 bits per heavy atom. The molecule has 0 unspecified atom stereocenters. The third-order valence-electron chi connectivity index (χ3n) is 1.14. The van der Waals surface area contributed by atoms with E-state index in [0.717, 1.165) is 0 Å². The maximum absolute atomic E-state index is 11.0. The largest absolute Gasteiger partial charge is 0.291 e. The molecule has 1 rings (SSSR count). The van der Waals surface area contributed by atoms with Crippen molar-refractivity contribution in [2.45, 2.75) is 4.84 Å². The second-order valence-corrected chi connectivity index (χ2v) is 3.00. The van der Waals surface area contributed by atoms with Crippen molar-refractivity contribution >= 4 is 29.0 Å². The normalized spacial score (nSPS) is 10.1. The van der Waals surface area contributed by atoms with Gasteiger partial charge in [0, 0.05) is 18.0 Å². The van der Waals surface area contributed by atoms with Gasteiger partial charge in [0.05, 0.1) is 0 Å². The number of hydrogen-bond donors (Lipinski definition) is 0. The fourth-order valence-electron chi connectivity index (χ4n) is 0.635. The summed E-state index contributed by atoms with van der Waals surface area (Å²) in [5, 5.41) is 0. The zero-order valence-electron chi connectivity index (χ0n) is 5.50. The Morgan fingerprint density at radius 2 is 2.27 bits per heavy atom. The highest BCUT2D eigenvalue weighted by atomic mass is 35.5. The number of halogens is 2. The maximum atomic E-state index is 11.0. The number of alkyl halides is 2. The predicted octanol–water partition coefficient (Wildman–Crippen LogP) is 2.07. The van der Waals surface area contributed by atoms with E-state index in [-0.39, 0.29) is 5.78 Å². The standard InChI is InChI=1S/C7H5Cl2NO/c8-7(9)6(11)5-2-1-3-10-4-5/h1-4,7H. The average Bonchev–Trinajstić information content (AvgIpc) is 2.05. The summed E-state index contributed by atoms with van der Waals surface area (Å²) < 4.78 is 0. The Morgan fingerprint density at radius 1 is 1.55 bits per heavy atom. The molecule has 4 heteroatoms. The van der Waals surface area contributed by atoms with Crippen molar-refractivity contribution < 1.29 is 4.79 Å². The Hall–Kier alpha value is -0.600. The first-order chi connectivity index (χ1) is 5.22. The number of ketones is 1. The molecule has 2 nitrogen and oxygen atoms in total. The summed E-state index contributed by atoms with van der Waals surface area (Å²) in [6, 6.07) is 3.27. The molecule has 0 amide bonds. The maximum Gasteiger partial charge on any atom is 0.197 e. The van der Waals surface area contributed by atoms with Crippen LogP contribution < -0.4 is 0 Å². The lowest BCUT2D eigenvalue weighted by Gasteiger charge is -1.97. The molecule has 0 aliphatic rings. The minimum absolute atomic E-state index is 0.318. The fourth-order valence-corrected chi connectivity index (χ4v) is 0.886. The van der Waals surface area contributed by atoms with Crippen LogP contribution in [-0.4, -0.2) is 15.6 Å². The number of nitrogens with zero attached hydrogens (tertiary/aromatic N) is 1. The molecule has 58 valence electrons. The quantitative estimate of drug-likeness (QED) is 0.527. The summed E-state index contributed by atoms with van der Waals surface area (Å²) in [7, 11) is 0. The number of aromatic nitrogens is 1. The highest BCUT2D eigenvalue weighted by Gasteiger charge is 2.13. The zero-order chi connectivity index (χ0) is 8.27. The van der Waals surface area contributed by atoms with Crippen molar-refractivity contribution in [1.82, 2.24) is 4.98 Å². The van der Waals surface area contributed by atoms with Gasteiger partial charge in [-0.1, -0.05) is 23.2 Å². The molecule has 1 heterocycles. The summed E-state index contributed by atoms with van der Waals surface area (Å²) in [6.45, 7) is 0. The van der Waals surface area contributed by atoms with Crippen molar-refractivity contribution in [3.05, 3.63) is 30.1 Å². The van der Waals surface area contributed by atoms with Gasteiger partial charge in [0.1, 0.15) is 0 Å². The Labute approximate surface area is 74.1 Å². The molecule has 0 aromatic carbocycles. The topological polar surface area (TPSA) is 30.0 Å². The van der Waals surface area contributed by atoms with Gasteiger partial charge >= 0.3 is 0 Å². The Bertz CT molecular complexity index is 248. The first-order valence-electron chi connectivity index (χ1n) is 2.94. The number of Topliss-reactive ketones (excluding diaryl/α,β-unsaturated/α-hetero) is 1. The van der Waals surface area contributed by atoms with Gasteiger partial charge < -0.3 is 0 Å². The highest BCUT2D eigenvalue weighted by molar-refractivity contribution is 6.55. The molecule has 0 spiro atoms. The average molecular weight is 190 g/mol. The minimum Gasteiger partial charge on any atom is -0.291 e. The third kappa shape index (κ3) is 2.17. The molecular weight excluding hydrogens is 185 g/mol. The first kappa shape index (κ1) is 8.50. The van der Waals surface area contributed by atoms with Gasteiger partial charge in [-0.2, -0.15) is 0 Å². The third-order valence-corrected chi connectivity index (χ3v) is 1.54. The van der Waals surface area contributed by atoms with Crippen LogP contribution in [0, 0.1) is 0 Å². The van der Waals surface area contributed by atoms with Gasteiger partial charge in [0.2, 0.25) is 0 Å². The number of rotatable bonds is 2. The first-order valence-corrected chi connectivity index (χ1v) is 3.81. The van der Waals surface area contributed by atoms with E-state index in [0.29, 0.717) is 5.56 Å². The van der Waals surface area contributed by atoms with E-state index in [9.17, 15) is 4.79 Å². The van der Waals surface area contributed by atoms with Gasteiger partial charge in [-0.05, 0) is 12.1 Å². The van der Waals surface area contributed by atoms with Crippen molar-refractivity contribution in [3.63, 3.8) is 0 Å². The molecule has 11 heavy (non-hydrogen) atoms. The predicted molar refractivity (Wildman–Crippen MR) is 44.1 cm³/mol. The fraction of sp³-hybridized carbons (Fsp3) is 0.143. The molecule has 0 N–H and O–H groups in total. The van der Waals surface area contributed by atoms with Crippen LogP contribution in [0.15, 0.2) is 24.5 Å². The number of pyridine rings is 1. The molecule has 1 aromatic heterocycles. The second-order valence-electron chi connectivity index (χ2n) is 1.91. The van der Waals surface area contributed by atoms with E-state index in [4.69, 9.17) is 23.2 Å². The van der Waals surface area contributed by atoms with Gasteiger partial charge in [0.15, 0.2) is 10.6 Å². The monoisotopic (exact) mass is 189 g/mol. The molecule has 0 bridgehead atoms. The van der Waals surface area contributed by atoms with Crippen LogP contribution in [0.2, 0.25) is 0 Å². The lowest BCUT2D eigenvalue weighted by Crippen LogP contribution is -2.07. The van der Waals surface area contributed by atoms with E-state index in [1.54, 1.807) is 18.3 Å². The van der Waals surface area contributed by atoms with Gasteiger partial charge in [0.25, 0.3) is 0 Å². The molecule has 0 saturated carbocycles. The summed E-state index contributed by atoms with van der Waals surface area (Å²) in [6.07, 6.45) is 3.01. The molecule has 0 radical (unpaired) electrons. The van der Waals surface area contributed by atoms with Crippen LogP contribution in [-0.2, 0) is 0 Å². The summed E-state index contributed by atoms with van der Waals surface area (Å²) in [5.41, 5.74) is 0.433. The summed E-state index contributed by atoms with van der Waals surface area (Å²) in [5.74, 6) is -0.318. The Kier molecular flexibility index (Phi) is 2.85. The molecule has 0 fully saturated rings. The minimum atomic E-state index is -1.00. The van der Waals surface area contributed by atoms with Crippen LogP contribution in [0.5, 0.6) is 0 Å². The van der Waals surface area contributed by atoms with Crippen LogP contribution >= 0.6 is 23.2 Å². The number of hydrogen-bond acceptors (Lipinski definition) is 2. The van der Waals surface area contributed by atoms with Crippen molar-refractivity contribution in [1.29, 1.82) is 0 Å². The Balaban J connectivity index is 2.86. The summed E-state index contributed by atoms with van der Waals surface area (Å²) in [4.78, 5) is 13.8. The number of carbonyl (C=O) groups is 1. The van der Waals surface area contributed by atoms with E-state index in [1.807, 2.05) is 0 Å². The highest BCUT2D eigenvalue weighted by Crippen LogP contribution is 2.09. The molecular formula is C7H5Cl2NO. The molecule has 0 saturated heterocycles. The van der Waals surface area contributed by atoms with Crippen LogP contribution in [0.3, 0.4) is 0 Å². The SMILES string of the molecule is O=C(c1cccnc1)C(Cl)Cl. The van der Waals surface area contributed by atoms with E-state index < -0.39 is 4.84 Å². The molecule has 0 atom stereocenters. The van der Waals surface area contributed by atoms with E-state index in [1.165, 1.54) is 6.20 Å². The van der Waals surface area contributed by atoms with Gasteiger partial charge in [-0.25, -0.2) is 0 Å². The number of carbonyl (C=O) groups excluding carboxylic acids is 1. The van der Waals surface area contributed by atoms with Crippen LogP contribution in [0.1, 0.15) is 10.4 Å². The lowest BCUT2D eigenvalue weighted by molar-refractivity contribution is 0.101. The molecule has 1 aromatic rings. The smallest absolute Gasteiger partial charge is 0.197 e. The van der Waals surface area contributed by atoms with Crippen molar-refractivity contribution in [2.75, 3.05) is 0 Å². The summed E-state index contributed by atoms with van der Waals surface area (Å²) >= 11 is 10.7. The molecule has 0 aliphatic heterocycles. The lowest BCUT2D eigenvalue weighted by atomic mass is 10.2. The second kappa shape index (κ2) is 3.69. The zero-order valence-corrected chi connectivity index (χ0v) is 7.01.